The van der Waals surface area contributed by atoms with Crippen molar-refractivity contribution in [1.29, 1.82) is 5.26 Å². The molecule has 0 radical (unpaired) electrons. The third-order valence-electron chi connectivity index (χ3n) is 4.52. The van der Waals surface area contributed by atoms with Gasteiger partial charge in [-0.3, -0.25) is 4.79 Å². The second kappa shape index (κ2) is 4.58. The maximum absolute atomic E-state index is 12.2. The predicted molar refractivity (Wildman–Crippen MR) is 70.9 cm³/mol. The van der Waals surface area contributed by atoms with Crippen LogP contribution in [0.1, 0.15) is 18.4 Å². The minimum Gasteiger partial charge on any atom is -0.356 e. The van der Waals surface area contributed by atoms with E-state index >= 15 is 0 Å². The van der Waals surface area contributed by atoms with Crippen molar-refractivity contribution in [2.24, 2.45) is 5.41 Å². The van der Waals surface area contributed by atoms with Gasteiger partial charge in [0.2, 0.25) is 5.91 Å². The lowest BCUT2D eigenvalue weighted by Gasteiger charge is -2.30. The highest BCUT2D eigenvalue weighted by Crippen LogP contribution is 2.43. The molecule has 2 heterocycles. The fourth-order valence-electron chi connectivity index (χ4n) is 3.45. The third kappa shape index (κ3) is 1.86. The van der Waals surface area contributed by atoms with Crippen molar-refractivity contribution in [1.82, 2.24) is 10.2 Å². The molecule has 2 aliphatic rings. The Morgan fingerprint density at radius 2 is 2.16 bits per heavy atom. The number of carbonyl (C=O) groups excluding carboxylic acids is 1. The predicted octanol–water partition coefficient (Wildman–Crippen LogP) is 1.29. The standard InChI is InChI=1S/C15H17N3O/c16-11-18-9-7-15(6-8-17-14(15)19)13(18)10-12-4-2-1-3-5-12/h1-5,13H,6-10H2,(H,17,19). The first-order valence-electron chi connectivity index (χ1n) is 6.75. The van der Waals surface area contributed by atoms with E-state index in [0.717, 1.165) is 25.8 Å². The summed E-state index contributed by atoms with van der Waals surface area (Å²) in [7, 11) is 0. The lowest BCUT2D eigenvalue weighted by atomic mass is 9.76. The normalized spacial score (nSPS) is 29.5. The molecule has 1 amide bonds. The van der Waals surface area contributed by atoms with Gasteiger partial charge in [0, 0.05) is 13.1 Å². The van der Waals surface area contributed by atoms with Crippen LogP contribution in [0.15, 0.2) is 30.3 Å². The average Bonchev–Trinajstić information content (AvgIpc) is 2.98. The first-order valence-corrected chi connectivity index (χ1v) is 6.75. The molecule has 1 aromatic rings. The van der Waals surface area contributed by atoms with E-state index < -0.39 is 0 Å². The van der Waals surface area contributed by atoms with Gasteiger partial charge >= 0.3 is 0 Å². The Kier molecular flexibility index (Phi) is 2.90. The molecule has 0 bridgehead atoms. The largest absolute Gasteiger partial charge is 0.356 e. The van der Waals surface area contributed by atoms with Crippen LogP contribution in [-0.2, 0) is 11.2 Å². The monoisotopic (exact) mass is 255 g/mol. The number of amides is 1. The van der Waals surface area contributed by atoms with Crippen molar-refractivity contribution in [3.8, 4) is 6.19 Å². The quantitative estimate of drug-likeness (QED) is 0.810. The zero-order valence-corrected chi connectivity index (χ0v) is 10.8. The van der Waals surface area contributed by atoms with Gasteiger partial charge in [-0.25, -0.2) is 0 Å². The van der Waals surface area contributed by atoms with Crippen LogP contribution >= 0.6 is 0 Å². The van der Waals surface area contributed by atoms with Crippen molar-refractivity contribution in [3.63, 3.8) is 0 Å². The summed E-state index contributed by atoms with van der Waals surface area (Å²) in [5.41, 5.74) is 0.833. The van der Waals surface area contributed by atoms with Crippen molar-refractivity contribution < 1.29 is 4.79 Å². The number of benzene rings is 1. The summed E-state index contributed by atoms with van der Waals surface area (Å²) >= 11 is 0. The molecular weight excluding hydrogens is 238 g/mol. The molecule has 19 heavy (non-hydrogen) atoms. The number of nitrogens with one attached hydrogen (secondary N) is 1. The van der Waals surface area contributed by atoms with E-state index in [1.165, 1.54) is 5.56 Å². The van der Waals surface area contributed by atoms with E-state index in [4.69, 9.17) is 0 Å². The number of carbonyl (C=O) groups is 1. The molecular formula is C15H17N3O. The summed E-state index contributed by atoms with van der Waals surface area (Å²) in [5.74, 6) is 0.131. The second-order valence-electron chi connectivity index (χ2n) is 5.41. The number of hydrogen-bond donors (Lipinski definition) is 1. The van der Waals surface area contributed by atoms with Crippen molar-refractivity contribution in [3.05, 3.63) is 35.9 Å². The Labute approximate surface area is 113 Å². The first-order chi connectivity index (χ1) is 9.26. The molecule has 0 saturated carbocycles. The second-order valence-corrected chi connectivity index (χ2v) is 5.41. The molecule has 4 nitrogen and oxygen atoms in total. The van der Waals surface area contributed by atoms with Gasteiger partial charge in [0.1, 0.15) is 0 Å². The Morgan fingerprint density at radius 3 is 2.79 bits per heavy atom. The van der Waals surface area contributed by atoms with Crippen molar-refractivity contribution in [2.45, 2.75) is 25.3 Å². The van der Waals surface area contributed by atoms with Gasteiger partial charge in [-0.2, -0.15) is 5.26 Å². The Hall–Kier alpha value is -2.02. The Balaban J connectivity index is 1.90. The summed E-state index contributed by atoms with van der Waals surface area (Å²) in [4.78, 5) is 14.0. The maximum Gasteiger partial charge on any atom is 0.228 e. The van der Waals surface area contributed by atoms with Crippen LogP contribution < -0.4 is 5.32 Å². The number of likely N-dealkylation sites (tertiary alicyclic amines) is 1. The highest BCUT2D eigenvalue weighted by Gasteiger charge is 2.54. The van der Waals surface area contributed by atoms with E-state index in [1.54, 1.807) is 4.90 Å². The molecule has 1 N–H and O–H groups in total. The van der Waals surface area contributed by atoms with Gasteiger partial charge in [-0.05, 0) is 24.8 Å². The molecule has 4 heteroatoms. The van der Waals surface area contributed by atoms with Crippen LogP contribution in [0.3, 0.4) is 0 Å². The van der Waals surface area contributed by atoms with E-state index in [0.29, 0.717) is 6.54 Å². The summed E-state index contributed by atoms with van der Waals surface area (Å²) < 4.78 is 0. The summed E-state index contributed by atoms with van der Waals surface area (Å²) in [6.45, 7) is 1.44. The van der Waals surface area contributed by atoms with E-state index in [2.05, 4.69) is 23.6 Å². The molecule has 2 atom stereocenters. The molecule has 98 valence electrons. The minimum absolute atomic E-state index is 0.00222. The Morgan fingerprint density at radius 1 is 1.37 bits per heavy atom. The Bertz CT molecular complexity index is 522. The SMILES string of the molecule is N#CN1CCC2(CCNC2=O)C1Cc1ccccc1. The topological polar surface area (TPSA) is 56.1 Å². The highest BCUT2D eigenvalue weighted by atomic mass is 16.2. The molecule has 2 saturated heterocycles. The van der Waals surface area contributed by atoms with Crippen LogP contribution in [-0.4, -0.2) is 29.9 Å². The minimum atomic E-state index is -0.356. The van der Waals surface area contributed by atoms with Crippen molar-refractivity contribution in [2.75, 3.05) is 13.1 Å². The van der Waals surface area contributed by atoms with Crippen LogP contribution in [0.5, 0.6) is 0 Å². The summed E-state index contributed by atoms with van der Waals surface area (Å²) in [6, 6.07) is 10.1. The van der Waals surface area contributed by atoms with E-state index in [-0.39, 0.29) is 17.4 Å². The van der Waals surface area contributed by atoms with Crippen LogP contribution in [0, 0.1) is 16.9 Å². The van der Waals surface area contributed by atoms with Gasteiger partial charge in [0.15, 0.2) is 6.19 Å². The summed E-state index contributed by atoms with van der Waals surface area (Å²) in [6.07, 6.45) is 4.67. The molecule has 1 aromatic carbocycles. The maximum atomic E-state index is 12.2. The van der Waals surface area contributed by atoms with Gasteiger partial charge in [-0.1, -0.05) is 30.3 Å². The van der Waals surface area contributed by atoms with E-state index in [1.807, 2.05) is 18.2 Å². The van der Waals surface area contributed by atoms with Gasteiger partial charge in [-0.15, -0.1) is 0 Å². The van der Waals surface area contributed by atoms with Gasteiger partial charge in [0.05, 0.1) is 11.5 Å². The van der Waals surface area contributed by atoms with E-state index in [9.17, 15) is 10.1 Å². The highest BCUT2D eigenvalue weighted by molar-refractivity contribution is 5.86. The third-order valence-corrected chi connectivity index (χ3v) is 4.52. The zero-order valence-electron chi connectivity index (χ0n) is 10.8. The van der Waals surface area contributed by atoms with Crippen LogP contribution in [0.4, 0.5) is 0 Å². The molecule has 3 rings (SSSR count). The molecule has 0 aromatic heterocycles. The van der Waals surface area contributed by atoms with Gasteiger partial charge < -0.3 is 10.2 Å². The fraction of sp³-hybridized carbons (Fsp3) is 0.467. The van der Waals surface area contributed by atoms with Gasteiger partial charge in [0.25, 0.3) is 0 Å². The number of nitriles is 1. The van der Waals surface area contributed by atoms with Crippen molar-refractivity contribution >= 4 is 5.91 Å². The number of nitrogens with zero attached hydrogens (tertiary/aromatic N) is 2. The molecule has 0 aliphatic carbocycles. The molecule has 1 spiro atoms. The molecule has 2 fully saturated rings. The average molecular weight is 255 g/mol. The first kappa shape index (κ1) is 12.0. The number of rotatable bonds is 2. The zero-order chi connectivity index (χ0) is 13.3. The smallest absolute Gasteiger partial charge is 0.228 e. The van der Waals surface area contributed by atoms with Crippen LogP contribution in [0.2, 0.25) is 0 Å². The number of hydrogen-bond acceptors (Lipinski definition) is 3. The lowest BCUT2D eigenvalue weighted by molar-refractivity contribution is -0.128. The lowest BCUT2D eigenvalue weighted by Crippen LogP contribution is -2.44. The summed E-state index contributed by atoms with van der Waals surface area (Å²) in [5, 5.41) is 12.2. The van der Waals surface area contributed by atoms with Crippen LogP contribution in [0.25, 0.3) is 0 Å². The fourth-order valence-corrected chi connectivity index (χ4v) is 3.45. The molecule has 2 aliphatic heterocycles. The molecule has 2 unspecified atom stereocenters.